The highest BCUT2D eigenvalue weighted by molar-refractivity contribution is 7.92. The van der Waals surface area contributed by atoms with Crippen molar-refractivity contribution in [2.45, 2.75) is 17.7 Å². The number of carbonyl (C=O) groups excluding carboxylic acids is 1. The molecule has 0 atom stereocenters. The minimum Gasteiger partial charge on any atom is -0.355 e. The van der Waals surface area contributed by atoms with Gasteiger partial charge in [0, 0.05) is 23.7 Å². The molecule has 0 saturated heterocycles. The molecule has 10 heteroatoms. The van der Waals surface area contributed by atoms with Crippen molar-refractivity contribution in [3.63, 3.8) is 0 Å². The van der Waals surface area contributed by atoms with E-state index in [1.165, 1.54) is 30.3 Å². The summed E-state index contributed by atoms with van der Waals surface area (Å²) in [5, 5.41) is 14.5. The monoisotopic (exact) mass is 487 g/mol. The Morgan fingerprint density at radius 2 is 1.70 bits per heavy atom. The molecule has 0 aliphatic carbocycles. The van der Waals surface area contributed by atoms with Gasteiger partial charge in [0.1, 0.15) is 6.54 Å². The van der Waals surface area contributed by atoms with Gasteiger partial charge in [-0.05, 0) is 42.7 Å². The number of aryl methyl sites for hydroxylation is 1. The summed E-state index contributed by atoms with van der Waals surface area (Å²) in [5.41, 5.74) is 0.707. The van der Waals surface area contributed by atoms with Crippen LogP contribution in [0.2, 0.25) is 5.02 Å². The van der Waals surface area contributed by atoms with E-state index in [1.807, 2.05) is 18.2 Å². The molecule has 33 heavy (non-hydrogen) atoms. The highest BCUT2D eigenvalue weighted by atomic mass is 35.5. The number of rotatable bonds is 10. The highest BCUT2D eigenvalue weighted by Gasteiger charge is 2.28. The van der Waals surface area contributed by atoms with Gasteiger partial charge >= 0.3 is 0 Å². The van der Waals surface area contributed by atoms with Gasteiger partial charge in [0.05, 0.1) is 15.5 Å². The van der Waals surface area contributed by atoms with Gasteiger partial charge in [0.25, 0.3) is 15.7 Å². The summed E-state index contributed by atoms with van der Waals surface area (Å²) >= 11 is 6.14. The Morgan fingerprint density at radius 3 is 2.39 bits per heavy atom. The SMILES string of the molecule is O=C(CN(c1cccc([N+](=O)[O-])c1)S(=O)(=O)c1ccccc1)NCCCc1ccccc1Cl. The molecule has 0 spiro atoms. The highest BCUT2D eigenvalue weighted by Crippen LogP contribution is 2.26. The normalized spacial score (nSPS) is 11.1. The Morgan fingerprint density at radius 1 is 1.00 bits per heavy atom. The van der Waals surface area contributed by atoms with E-state index >= 15 is 0 Å². The quantitative estimate of drug-likeness (QED) is 0.262. The van der Waals surface area contributed by atoms with Crippen LogP contribution in [0.5, 0.6) is 0 Å². The summed E-state index contributed by atoms with van der Waals surface area (Å²) in [5.74, 6) is -0.528. The molecule has 0 bridgehead atoms. The van der Waals surface area contributed by atoms with Gasteiger partial charge in [0.2, 0.25) is 5.91 Å². The summed E-state index contributed by atoms with van der Waals surface area (Å²) < 4.78 is 27.4. The molecular formula is C23H22ClN3O5S. The van der Waals surface area contributed by atoms with Gasteiger partial charge in [-0.1, -0.05) is 54.1 Å². The van der Waals surface area contributed by atoms with Crippen LogP contribution >= 0.6 is 11.6 Å². The summed E-state index contributed by atoms with van der Waals surface area (Å²) in [6, 6.07) is 20.2. The van der Waals surface area contributed by atoms with E-state index < -0.39 is 27.4 Å². The predicted octanol–water partition coefficient (Wildman–Crippen LogP) is 4.19. The number of hydrogen-bond donors (Lipinski definition) is 1. The van der Waals surface area contributed by atoms with Gasteiger partial charge < -0.3 is 5.32 Å². The molecule has 0 heterocycles. The van der Waals surface area contributed by atoms with E-state index in [0.29, 0.717) is 24.4 Å². The Hall–Kier alpha value is -3.43. The van der Waals surface area contributed by atoms with Crippen LogP contribution in [-0.2, 0) is 21.2 Å². The van der Waals surface area contributed by atoms with Crippen molar-refractivity contribution >= 4 is 38.9 Å². The van der Waals surface area contributed by atoms with Crippen molar-refractivity contribution in [1.82, 2.24) is 5.32 Å². The lowest BCUT2D eigenvalue weighted by molar-refractivity contribution is -0.384. The molecular weight excluding hydrogens is 466 g/mol. The largest absolute Gasteiger partial charge is 0.355 e. The number of nitro groups is 1. The summed E-state index contributed by atoms with van der Waals surface area (Å²) in [7, 11) is -4.14. The third kappa shape index (κ3) is 6.30. The number of hydrogen-bond acceptors (Lipinski definition) is 5. The Kier molecular flexibility index (Phi) is 8.02. The Balaban J connectivity index is 1.75. The van der Waals surface area contributed by atoms with Crippen LogP contribution in [0, 0.1) is 10.1 Å². The Bertz CT molecular complexity index is 1240. The first-order valence-electron chi connectivity index (χ1n) is 10.1. The number of anilines is 1. The first-order valence-corrected chi connectivity index (χ1v) is 11.9. The van der Waals surface area contributed by atoms with Gasteiger partial charge in [0.15, 0.2) is 0 Å². The molecule has 3 aromatic carbocycles. The van der Waals surface area contributed by atoms with E-state index in [1.54, 1.807) is 24.3 Å². The van der Waals surface area contributed by atoms with Crippen molar-refractivity contribution < 1.29 is 18.1 Å². The van der Waals surface area contributed by atoms with Gasteiger partial charge in [-0.2, -0.15) is 0 Å². The lowest BCUT2D eigenvalue weighted by Crippen LogP contribution is -2.41. The summed E-state index contributed by atoms with van der Waals surface area (Å²) in [6.45, 7) is -0.206. The summed E-state index contributed by atoms with van der Waals surface area (Å²) in [6.07, 6.45) is 1.26. The van der Waals surface area contributed by atoms with E-state index in [9.17, 15) is 23.3 Å². The maximum atomic E-state index is 13.3. The molecule has 0 radical (unpaired) electrons. The predicted molar refractivity (Wildman–Crippen MR) is 127 cm³/mol. The average Bonchev–Trinajstić information content (AvgIpc) is 2.82. The molecule has 0 fully saturated rings. The van der Waals surface area contributed by atoms with Crippen LogP contribution in [0.4, 0.5) is 11.4 Å². The van der Waals surface area contributed by atoms with E-state index in [-0.39, 0.29) is 16.3 Å². The number of non-ortho nitro benzene ring substituents is 1. The summed E-state index contributed by atoms with van der Waals surface area (Å²) in [4.78, 5) is 23.2. The molecule has 8 nitrogen and oxygen atoms in total. The molecule has 0 aromatic heterocycles. The minimum atomic E-state index is -4.14. The average molecular weight is 488 g/mol. The van der Waals surface area contributed by atoms with E-state index in [0.717, 1.165) is 15.9 Å². The van der Waals surface area contributed by atoms with Crippen LogP contribution in [0.3, 0.4) is 0 Å². The van der Waals surface area contributed by atoms with E-state index in [4.69, 9.17) is 11.6 Å². The topological polar surface area (TPSA) is 110 Å². The molecule has 1 amide bonds. The number of benzene rings is 3. The lowest BCUT2D eigenvalue weighted by atomic mass is 10.1. The Labute approximate surface area is 197 Å². The molecule has 0 aliphatic heterocycles. The minimum absolute atomic E-state index is 0.0250. The van der Waals surface area contributed by atoms with Crippen LogP contribution < -0.4 is 9.62 Å². The van der Waals surface area contributed by atoms with Crippen LogP contribution in [0.25, 0.3) is 0 Å². The first kappa shape index (κ1) is 24.2. The fourth-order valence-electron chi connectivity index (χ4n) is 3.19. The number of carbonyl (C=O) groups is 1. The van der Waals surface area contributed by atoms with Gasteiger partial charge in [-0.25, -0.2) is 8.42 Å². The number of halogens is 1. The number of nitrogens with zero attached hydrogens (tertiary/aromatic N) is 2. The zero-order chi connectivity index (χ0) is 23.8. The molecule has 3 rings (SSSR count). The van der Waals surface area contributed by atoms with Crippen molar-refractivity contribution in [2.75, 3.05) is 17.4 Å². The molecule has 0 aliphatic rings. The maximum Gasteiger partial charge on any atom is 0.271 e. The number of sulfonamides is 1. The van der Waals surface area contributed by atoms with Crippen LogP contribution in [-0.4, -0.2) is 32.3 Å². The maximum absolute atomic E-state index is 13.3. The van der Waals surface area contributed by atoms with Crippen LogP contribution in [0.1, 0.15) is 12.0 Å². The third-order valence-corrected chi connectivity index (χ3v) is 7.01. The molecule has 3 aromatic rings. The van der Waals surface area contributed by atoms with Crippen molar-refractivity contribution in [2.24, 2.45) is 0 Å². The van der Waals surface area contributed by atoms with Crippen molar-refractivity contribution in [3.8, 4) is 0 Å². The number of nitrogens with one attached hydrogen (secondary N) is 1. The lowest BCUT2D eigenvalue weighted by Gasteiger charge is -2.24. The second-order valence-electron chi connectivity index (χ2n) is 7.15. The number of nitro benzene ring substituents is 1. The molecule has 1 N–H and O–H groups in total. The van der Waals surface area contributed by atoms with Crippen LogP contribution in [0.15, 0.2) is 83.8 Å². The third-order valence-electron chi connectivity index (χ3n) is 4.85. The standard InChI is InChI=1S/C23H22ClN3O5S/c24-22-14-5-4-8-18(22)9-7-15-25-23(28)17-26(19-10-6-11-20(16-19)27(29)30)33(31,32)21-12-2-1-3-13-21/h1-6,8,10-14,16H,7,9,15,17H2,(H,25,28). The van der Waals surface area contributed by atoms with Crippen molar-refractivity contribution in [1.29, 1.82) is 0 Å². The molecule has 172 valence electrons. The molecule has 0 saturated carbocycles. The second kappa shape index (κ2) is 10.9. The van der Waals surface area contributed by atoms with Crippen molar-refractivity contribution in [3.05, 3.63) is 99.6 Å². The molecule has 0 unspecified atom stereocenters. The first-order chi connectivity index (χ1) is 15.8. The zero-order valence-corrected chi connectivity index (χ0v) is 19.1. The van der Waals surface area contributed by atoms with Gasteiger partial charge in [-0.15, -0.1) is 0 Å². The van der Waals surface area contributed by atoms with E-state index in [2.05, 4.69) is 5.32 Å². The number of amides is 1. The fourth-order valence-corrected chi connectivity index (χ4v) is 4.85. The second-order valence-corrected chi connectivity index (χ2v) is 9.42. The zero-order valence-electron chi connectivity index (χ0n) is 17.6. The smallest absolute Gasteiger partial charge is 0.271 e. The fraction of sp³-hybridized carbons (Fsp3) is 0.174. The van der Waals surface area contributed by atoms with Gasteiger partial charge in [-0.3, -0.25) is 19.2 Å².